The molecule has 2 heteroatoms. The van der Waals surface area contributed by atoms with Crippen LogP contribution in [0.2, 0.25) is 0 Å². The van der Waals surface area contributed by atoms with E-state index in [1.165, 1.54) is 5.70 Å². The van der Waals surface area contributed by atoms with Gasteiger partial charge in [-0.3, -0.25) is 0 Å². The number of rotatable bonds is 6. The van der Waals surface area contributed by atoms with Gasteiger partial charge in [-0.25, -0.2) is 0 Å². The monoisotopic (exact) mass is 184 g/mol. The Kier molecular flexibility index (Phi) is 6.69. The van der Waals surface area contributed by atoms with Gasteiger partial charge >= 0.3 is 0 Å². The highest BCUT2D eigenvalue weighted by Gasteiger charge is 2.01. The van der Waals surface area contributed by atoms with Crippen LogP contribution >= 0.6 is 0 Å². The van der Waals surface area contributed by atoms with Crippen LogP contribution in [0.4, 0.5) is 0 Å². The molecule has 0 saturated heterocycles. The van der Waals surface area contributed by atoms with Gasteiger partial charge < -0.3 is 9.80 Å². The molecule has 0 fully saturated rings. The molecule has 0 aliphatic carbocycles. The summed E-state index contributed by atoms with van der Waals surface area (Å²) in [7, 11) is 4.24. The molecule has 13 heavy (non-hydrogen) atoms. The van der Waals surface area contributed by atoms with Gasteiger partial charge in [-0.1, -0.05) is 13.0 Å². The zero-order valence-corrected chi connectivity index (χ0v) is 9.80. The van der Waals surface area contributed by atoms with Crippen LogP contribution in [0, 0.1) is 0 Å². The molecule has 78 valence electrons. The Labute approximate surface area is 83.2 Å². The van der Waals surface area contributed by atoms with E-state index in [1.807, 2.05) is 0 Å². The third-order valence-corrected chi connectivity index (χ3v) is 2.20. The predicted octanol–water partition coefficient (Wildman–Crippen LogP) is 2.18. The lowest BCUT2D eigenvalue weighted by Crippen LogP contribution is -2.30. The van der Waals surface area contributed by atoms with E-state index in [0.717, 1.165) is 26.1 Å². The van der Waals surface area contributed by atoms with Crippen LogP contribution in [0.3, 0.4) is 0 Å². The minimum atomic E-state index is 1.11. The third kappa shape index (κ3) is 5.69. The number of hydrogen-bond donors (Lipinski definition) is 0. The topological polar surface area (TPSA) is 6.48 Å². The average Bonchev–Trinajstić information content (AvgIpc) is 2.05. The molecule has 0 spiro atoms. The van der Waals surface area contributed by atoms with Gasteiger partial charge in [0.25, 0.3) is 0 Å². The van der Waals surface area contributed by atoms with Crippen LogP contribution < -0.4 is 0 Å². The second kappa shape index (κ2) is 6.96. The molecule has 0 aliphatic rings. The number of nitrogens with zero attached hydrogens (tertiary/aromatic N) is 2. The second-order valence-corrected chi connectivity index (χ2v) is 3.64. The Bertz CT molecular complexity index is 150. The van der Waals surface area contributed by atoms with Gasteiger partial charge in [0.2, 0.25) is 0 Å². The maximum atomic E-state index is 2.42. The molecule has 0 unspecified atom stereocenters. The molecular formula is C11H24N2. The fraction of sp³-hybridized carbons (Fsp3) is 0.818. The van der Waals surface area contributed by atoms with Crippen molar-refractivity contribution in [3.05, 3.63) is 11.8 Å². The normalized spacial score (nSPS) is 12.3. The highest BCUT2D eigenvalue weighted by atomic mass is 15.2. The van der Waals surface area contributed by atoms with Crippen LogP contribution in [0.1, 0.15) is 27.2 Å². The first kappa shape index (κ1) is 12.5. The van der Waals surface area contributed by atoms with Crippen LogP contribution in [-0.2, 0) is 0 Å². The van der Waals surface area contributed by atoms with E-state index in [-0.39, 0.29) is 0 Å². The van der Waals surface area contributed by atoms with Crippen LogP contribution in [-0.4, -0.2) is 43.5 Å². The summed E-state index contributed by atoms with van der Waals surface area (Å²) in [4.78, 5) is 4.64. The van der Waals surface area contributed by atoms with Crippen molar-refractivity contribution in [3.63, 3.8) is 0 Å². The zero-order valence-electron chi connectivity index (χ0n) is 9.80. The summed E-state index contributed by atoms with van der Waals surface area (Å²) in [6.07, 6.45) is 3.42. The summed E-state index contributed by atoms with van der Waals surface area (Å²) in [5.41, 5.74) is 1.41. The van der Waals surface area contributed by atoms with Crippen molar-refractivity contribution in [2.45, 2.75) is 27.2 Å². The van der Waals surface area contributed by atoms with Gasteiger partial charge in [-0.05, 0) is 34.4 Å². The number of likely N-dealkylation sites (N-methyl/N-ethyl adjacent to an activating group) is 2. The fourth-order valence-corrected chi connectivity index (χ4v) is 1.33. The summed E-state index contributed by atoms with van der Waals surface area (Å²) < 4.78 is 0. The highest BCUT2D eigenvalue weighted by molar-refractivity contribution is 4.96. The molecule has 0 bridgehead atoms. The van der Waals surface area contributed by atoms with Crippen molar-refractivity contribution in [3.8, 4) is 0 Å². The summed E-state index contributed by atoms with van der Waals surface area (Å²) >= 11 is 0. The minimum absolute atomic E-state index is 1.11. The lowest BCUT2D eigenvalue weighted by molar-refractivity contribution is 0.298. The van der Waals surface area contributed by atoms with E-state index in [4.69, 9.17) is 0 Å². The molecule has 0 aromatic carbocycles. The zero-order chi connectivity index (χ0) is 10.3. The molecule has 0 rings (SSSR count). The van der Waals surface area contributed by atoms with Gasteiger partial charge in [0.1, 0.15) is 0 Å². The first-order valence-corrected chi connectivity index (χ1v) is 5.18. The standard InChI is InChI=1S/C11H24N2/c1-6-8-11(3)13(7-2)10-9-12(4)5/h8H,6-7,9-10H2,1-5H3/b11-8+. The first-order valence-electron chi connectivity index (χ1n) is 5.18. The van der Waals surface area contributed by atoms with Crippen molar-refractivity contribution >= 4 is 0 Å². The van der Waals surface area contributed by atoms with Crippen molar-refractivity contribution in [1.82, 2.24) is 9.80 Å². The largest absolute Gasteiger partial charge is 0.374 e. The van der Waals surface area contributed by atoms with Crippen LogP contribution in [0.25, 0.3) is 0 Å². The maximum absolute atomic E-state index is 2.42. The lowest BCUT2D eigenvalue weighted by Gasteiger charge is -2.25. The number of hydrogen-bond acceptors (Lipinski definition) is 2. The maximum Gasteiger partial charge on any atom is 0.0302 e. The van der Waals surface area contributed by atoms with Crippen molar-refractivity contribution in [2.75, 3.05) is 33.7 Å². The Morgan fingerprint density at radius 3 is 2.15 bits per heavy atom. The molecule has 0 atom stereocenters. The smallest absolute Gasteiger partial charge is 0.0302 e. The van der Waals surface area contributed by atoms with E-state index in [9.17, 15) is 0 Å². The Hall–Kier alpha value is -0.500. The molecule has 2 nitrogen and oxygen atoms in total. The molecule has 0 aromatic rings. The van der Waals surface area contributed by atoms with Gasteiger partial charge in [0, 0.05) is 25.3 Å². The molecule has 0 aromatic heterocycles. The summed E-state index contributed by atoms with van der Waals surface area (Å²) in [6, 6.07) is 0. The Morgan fingerprint density at radius 1 is 1.15 bits per heavy atom. The number of allylic oxidation sites excluding steroid dienone is 2. The molecule has 0 amide bonds. The average molecular weight is 184 g/mol. The molecule has 0 heterocycles. The van der Waals surface area contributed by atoms with E-state index < -0.39 is 0 Å². The summed E-state index contributed by atoms with van der Waals surface area (Å²) in [6.45, 7) is 9.96. The first-order chi connectivity index (χ1) is 6.11. The molecule has 0 radical (unpaired) electrons. The van der Waals surface area contributed by atoms with E-state index >= 15 is 0 Å². The second-order valence-electron chi connectivity index (χ2n) is 3.64. The molecule has 0 N–H and O–H groups in total. The fourth-order valence-electron chi connectivity index (χ4n) is 1.33. The predicted molar refractivity (Wildman–Crippen MR) is 59.8 cm³/mol. The Morgan fingerprint density at radius 2 is 1.77 bits per heavy atom. The van der Waals surface area contributed by atoms with Crippen LogP contribution in [0.15, 0.2) is 11.8 Å². The highest BCUT2D eigenvalue weighted by Crippen LogP contribution is 2.03. The van der Waals surface area contributed by atoms with Crippen molar-refractivity contribution in [1.29, 1.82) is 0 Å². The lowest BCUT2D eigenvalue weighted by atomic mass is 10.3. The molecule has 0 aliphatic heterocycles. The van der Waals surface area contributed by atoms with Crippen LogP contribution in [0.5, 0.6) is 0 Å². The molecular weight excluding hydrogens is 160 g/mol. The molecule has 0 saturated carbocycles. The third-order valence-electron chi connectivity index (χ3n) is 2.20. The van der Waals surface area contributed by atoms with Gasteiger partial charge in [-0.2, -0.15) is 0 Å². The van der Waals surface area contributed by atoms with E-state index in [0.29, 0.717) is 0 Å². The van der Waals surface area contributed by atoms with E-state index in [1.54, 1.807) is 0 Å². The van der Waals surface area contributed by atoms with Crippen molar-refractivity contribution in [2.24, 2.45) is 0 Å². The Balaban J connectivity index is 3.95. The summed E-state index contributed by atoms with van der Waals surface area (Å²) in [5.74, 6) is 0. The van der Waals surface area contributed by atoms with Crippen molar-refractivity contribution < 1.29 is 0 Å². The van der Waals surface area contributed by atoms with Gasteiger partial charge in [0.05, 0.1) is 0 Å². The van der Waals surface area contributed by atoms with Gasteiger partial charge in [-0.15, -0.1) is 0 Å². The van der Waals surface area contributed by atoms with Gasteiger partial charge in [0.15, 0.2) is 0 Å². The minimum Gasteiger partial charge on any atom is -0.374 e. The SMILES string of the molecule is CC/C=C(\C)N(CC)CCN(C)C. The van der Waals surface area contributed by atoms with E-state index in [2.05, 4.69) is 50.7 Å². The quantitative estimate of drug-likeness (QED) is 0.624. The summed E-state index contributed by atoms with van der Waals surface area (Å²) in [5, 5.41) is 0.